The molecule has 2 fully saturated rings. The first-order valence-corrected chi connectivity index (χ1v) is 14.2. The van der Waals surface area contributed by atoms with Crippen LogP contribution in [0.25, 0.3) is 0 Å². The Morgan fingerprint density at radius 2 is 1.87 bits per heavy atom. The highest BCUT2D eigenvalue weighted by Gasteiger charge is 2.28. The molecule has 1 aliphatic heterocycles. The highest BCUT2D eigenvalue weighted by atomic mass is 35.5. The lowest BCUT2D eigenvalue weighted by Crippen LogP contribution is -2.44. The number of carbonyl (C=O) groups is 2. The van der Waals surface area contributed by atoms with Crippen molar-refractivity contribution in [3.63, 3.8) is 0 Å². The lowest BCUT2D eigenvalue weighted by Gasteiger charge is -2.31. The fraction of sp³-hybridized carbons (Fsp3) is 0.586. The zero-order chi connectivity index (χ0) is 27.1. The molecule has 1 aromatic heterocycles. The Morgan fingerprint density at radius 3 is 2.55 bits per heavy atom. The number of Topliss-reactive ketones (excluding diaryl/α,β-unsaturated/α-hetero) is 1. The van der Waals surface area contributed by atoms with Gasteiger partial charge in [-0.15, -0.1) is 0 Å². The molecule has 4 rings (SSSR count). The van der Waals surface area contributed by atoms with Crippen LogP contribution in [0.5, 0.6) is 5.75 Å². The molecule has 2 aromatic rings. The third kappa shape index (κ3) is 7.44. The molecule has 206 valence electrons. The fourth-order valence-electron chi connectivity index (χ4n) is 5.76. The summed E-state index contributed by atoms with van der Waals surface area (Å²) < 4.78 is 5.59. The Kier molecular flexibility index (Phi) is 9.97. The van der Waals surface area contributed by atoms with Gasteiger partial charge in [-0.3, -0.25) is 4.79 Å². The van der Waals surface area contributed by atoms with Crippen LogP contribution in [0.15, 0.2) is 24.4 Å². The molecule has 2 atom stereocenters. The van der Waals surface area contributed by atoms with Gasteiger partial charge in [-0.2, -0.15) is 0 Å². The Labute approximate surface area is 230 Å². The number of hydrogen-bond acceptors (Lipinski definition) is 7. The topological polar surface area (TPSA) is 96.5 Å². The summed E-state index contributed by atoms with van der Waals surface area (Å²) in [5, 5.41) is 6.93. The van der Waals surface area contributed by atoms with Crippen LogP contribution in [0.3, 0.4) is 0 Å². The second kappa shape index (κ2) is 13.4. The van der Waals surface area contributed by atoms with Crippen LogP contribution in [0.4, 0.5) is 11.6 Å². The molecule has 38 heavy (non-hydrogen) atoms. The van der Waals surface area contributed by atoms with Gasteiger partial charge in [-0.1, -0.05) is 31.4 Å². The summed E-state index contributed by atoms with van der Waals surface area (Å²) in [5.41, 5.74) is 2.01. The number of benzene rings is 1. The van der Waals surface area contributed by atoms with Crippen molar-refractivity contribution in [1.82, 2.24) is 20.2 Å². The van der Waals surface area contributed by atoms with Crippen LogP contribution < -0.4 is 15.4 Å². The third-order valence-corrected chi connectivity index (χ3v) is 8.28. The minimum atomic E-state index is -0.0950. The first-order valence-electron chi connectivity index (χ1n) is 13.8. The number of amides is 1. The molecule has 1 amide bonds. The van der Waals surface area contributed by atoms with Crippen molar-refractivity contribution in [2.45, 2.75) is 71.3 Å². The molecule has 1 saturated carbocycles. The lowest BCUT2D eigenvalue weighted by atomic mass is 9.75. The van der Waals surface area contributed by atoms with E-state index >= 15 is 0 Å². The van der Waals surface area contributed by atoms with Crippen molar-refractivity contribution in [2.75, 3.05) is 32.1 Å². The largest absolute Gasteiger partial charge is 0.495 e. The molecule has 8 nitrogen and oxygen atoms in total. The Morgan fingerprint density at radius 1 is 1.13 bits per heavy atom. The van der Waals surface area contributed by atoms with E-state index < -0.39 is 0 Å². The molecule has 1 aromatic carbocycles. The minimum Gasteiger partial charge on any atom is -0.495 e. The number of ketones is 1. The van der Waals surface area contributed by atoms with Crippen LogP contribution in [0.1, 0.15) is 74.8 Å². The number of hydrogen-bond donors (Lipinski definition) is 2. The van der Waals surface area contributed by atoms with Crippen molar-refractivity contribution in [2.24, 2.45) is 11.8 Å². The van der Waals surface area contributed by atoms with Crippen LogP contribution in [-0.2, 0) is 11.2 Å². The van der Waals surface area contributed by atoms with E-state index in [4.69, 9.17) is 21.3 Å². The van der Waals surface area contributed by atoms with E-state index in [-0.39, 0.29) is 17.7 Å². The SMILES string of the molecule is CCN1CCC(NC(=O)c2ccc(Nc3ncc(Cl)c(C[C@@H]4CCCC[C@H]4CC(C)=O)n3)c(OC)c2)CC1. The summed E-state index contributed by atoms with van der Waals surface area (Å²) in [7, 11) is 1.58. The number of piperidine rings is 1. The number of halogens is 1. The molecule has 0 radical (unpaired) electrons. The number of likely N-dealkylation sites (tertiary alicyclic amines) is 1. The van der Waals surface area contributed by atoms with E-state index in [1.807, 2.05) is 6.07 Å². The Balaban J connectivity index is 1.43. The molecule has 0 bridgehead atoms. The smallest absolute Gasteiger partial charge is 0.251 e. The Hall–Kier alpha value is -2.71. The van der Waals surface area contributed by atoms with Crippen molar-refractivity contribution < 1.29 is 14.3 Å². The third-order valence-electron chi connectivity index (χ3n) is 7.97. The number of ether oxygens (including phenoxy) is 1. The molecule has 0 unspecified atom stereocenters. The average molecular weight is 542 g/mol. The maximum Gasteiger partial charge on any atom is 0.251 e. The van der Waals surface area contributed by atoms with Crippen LogP contribution in [0, 0.1) is 11.8 Å². The summed E-state index contributed by atoms with van der Waals surface area (Å²) in [6, 6.07) is 5.53. The monoisotopic (exact) mass is 541 g/mol. The van der Waals surface area contributed by atoms with Crippen LogP contribution >= 0.6 is 11.6 Å². The summed E-state index contributed by atoms with van der Waals surface area (Å²) in [6.45, 7) is 6.90. The average Bonchev–Trinajstić information content (AvgIpc) is 2.92. The fourth-order valence-corrected chi connectivity index (χ4v) is 5.93. The van der Waals surface area contributed by atoms with Gasteiger partial charge in [0.1, 0.15) is 11.5 Å². The predicted octanol–water partition coefficient (Wildman–Crippen LogP) is 5.42. The molecular weight excluding hydrogens is 502 g/mol. The summed E-state index contributed by atoms with van der Waals surface area (Å²) >= 11 is 6.49. The van der Waals surface area contributed by atoms with E-state index in [9.17, 15) is 9.59 Å². The minimum absolute atomic E-state index is 0.0950. The molecule has 1 aliphatic carbocycles. The van der Waals surface area contributed by atoms with Gasteiger partial charge in [-0.25, -0.2) is 9.97 Å². The summed E-state index contributed by atoms with van der Waals surface area (Å²) in [5.74, 6) is 1.86. The van der Waals surface area contributed by atoms with Crippen molar-refractivity contribution in [3.05, 3.63) is 40.7 Å². The molecule has 2 heterocycles. The van der Waals surface area contributed by atoms with Gasteiger partial charge in [0.2, 0.25) is 5.95 Å². The number of aromatic nitrogens is 2. The lowest BCUT2D eigenvalue weighted by molar-refractivity contribution is -0.118. The van der Waals surface area contributed by atoms with Gasteiger partial charge in [-0.05, 0) is 75.6 Å². The first-order chi connectivity index (χ1) is 18.4. The zero-order valence-electron chi connectivity index (χ0n) is 22.8. The molecule has 0 spiro atoms. The number of anilines is 2. The van der Waals surface area contributed by atoms with Gasteiger partial charge < -0.3 is 25.1 Å². The Bertz CT molecular complexity index is 1120. The molecule has 2 aliphatic rings. The van der Waals surface area contributed by atoms with Crippen LogP contribution in [-0.4, -0.2) is 59.3 Å². The van der Waals surface area contributed by atoms with Gasteiger partial charge in [0.15, 0.2) is 0 Å². The summed E-state index contributed by atoms with van der Waals surface area (Å²) in [6.07, 6.45) is 9.38. The van der Waals surface area contributed by atoms with E-state index in [1.165, 1.54) is 12.8 Å². The zero-order valence-corrected chi connectivity index (χ0v) is 23.5. The highest BCUT2D eigenvalue weighted by Crippen LogP contribution is 2.36. The van der Waals surface area contributed by atoms with E-state index in [0.29, 0.717) is 46.2 Å². The molecule has 1 saturated heterocycles. The highest BCUT2D eigenvalue weighted by molar-refractivity contribution is 6.31. The number of carbonyl (C=O) groups excluding carboxylic acids is 2. The quantitative estimate of drug-likeness (QED) is 0.414. The van der Waals surface area contributed by atoms with E-state index in [2.05, 4.69) is 27.4 Å². The first kappa shape index (κ1) is 28.3. The number of rotatable bonds is 10. The predicted molar refractivity (Wildman–Crippen MR) is 150 cm³/mol. The molecule has 2 N–H and O–H groups in total. The maximum absolute atomic E-state index is 12.9. The number of nitrogens with zero attached hydrogens (tertiary/aromatic N) is 3. The summed E-state index contributed by atoms with van der Waals surface area (Å²) in [4.78, 5) is 36.2. The van der Waals surface area contributed by atoms with Gasteiger partial charge >= 0.3 is 0 Å². The second-order valence-electron chi connectivity index (χ2n) is 10.6. The second-order valence-corrected chi connectivity index (χ2v) is 11.0. The van der Waals surface area contributed by atoms with Gasteiger partial charge in [0.25, 0.3) is 5.91 Å². The van der Waals surface area contributed by atoms with Crippen molar-refractivity contribution >= 4 is 34.9 Å². The standard InChI is InChI=1S/C29H40ClN5O3/c1-4-35-13-11-23(12-14-35)32-28(37)22-9-10-25(27(17-22)38-3)33-29-31-18-24(30)26(34-29)16-21-8-6-5-7-20(21)15-19(2)36/h9-10,17-18,20-21,23H,4-8,11-16H2,1-3H3,(H,32,37)(H,31,33,34)/t20-,21-/m0/s1. The van der Waals surface area contributed by atoms with Crippen molar-refractivity contribution in [1.29, 1.82) is 0 Å². The van der Waals surface area contributed by atoms with E-state index in [1.54, 1.807) is 32.4 Å². The number of methoxy groups -OCH3 is 1. The van der Waals surface area contributed by atoms with E-state index in [0.717, 1.165) is 57.4 Å². The van der Waals surface area contributed by atoms with Crippen molar-refractivity contribution in [3.8, 4) is 5.75 Å². The molecular formula is C29H40ClN5O3. The molecule has 9 heteroatoms. The number of nitrogens with one attached hydrogen (secondary N) is 2. The van der Waals surface area contributed by atoms with Gasteiger partial charge in [0.05, 0.1) is 29.7 Å². The van der Waals surface area contributed by atoms with Gasteiger partial charge in [0, 0.05) is 31.1 Å². The maximum atomic E-state index is 12.9. The van der Waals surface area contributed by atoms with Crippen LogP contribution in [0.2, 0.25) is 5.02 Å². The normalized spacial score (nSPS) is 20.6.